The summed E-state index contributed by atoms with van der Waals surface area (Å²) in [5.74, 6) is 0. The van der Waals surface area contributed by atoms with E-state index in [0.29, 0.717) is 0 Å². The van der Waals surface area contributed by atoms with Gasteiger partial charge in [-0.1, -0.05) is 223 Å². The molecule has 386 valence electrons. The van der Waals surface area contributed by atoms with Crippen molar-refractivity contribution >= 4 is 122 Å². The fourth-order valence-electron chi connectivity index (χ4n) is 13.1. The van der Waals surface area contributed by atoms with Crippen molar-refractivity contribution in [2.24, 2.45) is 0 Å². The van der Waals surface area contributed by atoms with Crippen LogP contribution in [-0.2, 0) is 21.7 Å². The molecule has 2 aliphatic rings. The van der Waals surface area contributed by atoms with Gasteiger partial charge in [0.05, 0.1) is 0 Å². The largest absolute Gasteiger partial charge is 0.311 e. The first-order chi connectivity index (χ1) is 37.7. The van der Waals surface area contributed by atoms with Crippen LogP contribution < -0.4 is 26.2 Å². The summed E-state index contributed by atoms with van der Waals surface area (Å²) in [5, 5.41) is 15.1. The van der Waals surface area contributed by atoms with E-state index in [2.05, 4.69) is 293 Å². The minimum atomic E-state index is -0.104. The van der Waals surface area contributed by atoms with E-state index in [9.17, 15) is 0 Å². The lowest BCUT2D eigenvalue weighted by atomic mass is 9.33. The second-order valence-corrected chi connectivity index (χ2v) is 27.1. The van der Waals surface area contributed by atoms with Crippen molar-refractivity contribution in [2.45, 2.75) is 105 Å². The number of fused-ring (bicyclic) bond motifs is 12. The second-order valence-electron chi connectivity index (χ2n) is 27.1. The van der Waals surface area contributed by atoms with Crippen LogP contribution in [0.3, 0.4) is 0 Å². The Labute approximate surface area is 467 Å². The standard InChI is InChI=1S/C76H69BN2/c1-73(2,3)54-38-55(74(4,5)6)41-58(40-54)78-68-44-64-51(30-28-46-20-15-17-25-60(46)64)34-66(68)77-67-35-52-31-29-47-21-16-18-26-61(47)65(52)45-69(67)79(59-42-56(75(7,8)9)39-57(43-59)76(10,11)12)71-37-53(36-70(78)72(71)77)62-27-19-24-50-32-48-22-13-14-23-49(48)33-63(50)62/h13-45H,1-12H3. The Hall–Kier alpha value is -8.14. The smallest absolute Gasteiger partial charge is 0.252 e. The van der Waals surface area contributed by atoms with Crippen LogP contribution in [0, 0.1) is 0 Å². The van der Waals surface area contributed by atoms with Crippen LogP contribution >= 0.6 is 0 Å². The maximum Gasteiger partial charge on any atom is 0.252 e. The van der Waals surface area contributed by atoms with Crippen molar-refractivity contribution in [1.82, 2.24) is 0 Å². The molecular formula is C76H69BN2. The third kappa shape index (κ3) is 7.98. The third-order valence-corrected chi connectivity index (χ3v) is 17.7. The van der Waals surface area contributed by atoms with E-state index >= 15 is 0 Å². The molecule has 0 fully saturated rings. The zero-order valence-corrected chi connectivity index (χ0v) is 48.0. The van der Waals surface area contributed by atoms with Crippen molar-refractivity contribution in [3.8, 4) is 11.1 Å². The van der Waals surface area contributed by atoms with E-state index in [1.54, 1.807) is 0 Å². The van der Waals surface area contributed by atoms with Gasteiger partial charge in [0.1, 0.15) is 0 Å². The van der Waals surface area contributed by atoms with E-state index in [-0.39, 0.29) is 28.4 Å². The average Bonchev–Trinajstić information content (AvgIpc) is 3.54. The highest BCUT2D eigenvalue weighted by atomic mass is 15.2. The maximum absolute atomic E-state index is 2.68. The molecule has 0 N–H and O–H groups in total. The molecule has 0 unspecified atom stereocenters. The first-order valence-corrected chi connectivity index (χ1v) is 28.6. The molecular weight excluding hydrogens is 952 g/mol. The summed E-state index contributed by atoms with van der Waals surface area (Å²) >= 11 is 0. The van der Waals surface area contributed by atoms with Gasteiger partial charge < -0.3 is 9.80 Å². The molecule has 12 aromatic rings. The van der Waals surface area contributed by atoms with E-state index in [1.807, 2.05) is 0 Å². The number of hydrogen-bond acceptors (Lipinski definition) is 2. The van der Waals surface area contributed by atoms with Gasteiger partial charge in [0.15, 0.2) is 0 Å². The number of rotatable bonds is 3. The molecule has 0 spiro atoms. The molecule has 12 aromatic carbocycles. The monoisotopic (exact) mass is 1020 g/mol. The Bertz CT molecular complexity index is 4260. The van der Waals surface area contributed by atoms with Gasteiger partial charge in [0.2, 0.25) is 0 Å². The van der Waals surface area contributed by atoms with E-state index < -0.39 is 0 Å². The highest BCUT2D eigenvalue weighted by molar-refractivity contribution is 7.00. The van der Waals surface area contributed by atoms with Crippen LogP contribution in [0.2, 0.25) is 0 Å². The minimum Gasteiger partial charge on any atom is -0.311 e. The predicted octanol–water partition coefficient (Wildman–Crippen LogP) is 19.5. The lowest BCUT2D eigenvalue weighted by Crippen LogP contribution is -2.61. The highest BCUT2D eigenvalue weighted by Crippen LogP contribution is 2.51. The Balaban J connectivity index is 1.19. The molecule has 0 bridgehead atoms. The van der Waals surface area contributed by atoms with Crippen LogP contribution in [0.4, 0.5) is 34.1 Å². The fraction of sp³-hybridized carbons (Fsp3) is 0.211. The van der Waals surface area contributed by atoms with Crippen molar-refractivity contribution < 1.29 is 0 Å². The van der Waals surface area contributed by atoms with E-state index in [1.165, 1.54) is 149 Å². The molecule has 14 rings (SSSR count). The van der Waals surface area contributed by atoms with Crippen LogP contribution in [0.25, 0.3) is 75.8 Å². The number of hydrogen-bond donors (Lipinski definition) is 0. The van der Waals surface area contributed by atoms with Gasteiger partial charge in [-0.2, -0.15) is 0 Å². The summed E-state index contributed by atoms with van der Waals surface area (Å²) in [6.07, 6.45) is 0. The molecule has 3 heteroatoms. The Morgan fingerprint density at radius 3 is 1.10 bits per heavy atom. The zero-order valence-electron chi connectivity index (χ0n) is 48.0. The zero-order chi connectivity index (χ0) is 54.7. The van der Waals surface area contributed by atoms with Crippen LogP contribution in [0.15, 0.2) is 200 Å². The topological polar surface area (TPSA) is 6.48 Å². The summed E-state index contributed by atoms with van der Waals surface area (Å²) in [7, 11) is 0. The van der Waals surface area contributed by atoms with Gasteiger partial charge in [0, 0.05) is 34.1 Å². The maximum atomic E-state index is 2.68. The van der Waals surface area contributed by atoms with Crippen LogP contribution in [0.1, 0.15) is 105 Å². The summed E-state index contributed by atoms with van der Waals surface area (Å²) < 4.78 is 0. The van der Waals surface area contributed by atoms with Crippen molar-refractivity contribution in [3.05, 3.63) is 222 Å². The highest BCUT2D eigenvalue weighted by Gasteiger charge is 2.45. The lowest BCUT2D eigenvalue weighted by Gasteiger charge is -2.45. The molecule has 2 heterocycles. The third-order valence-electron chi connectivity index (χ3n) is 17.7. The Morgan fingerprint density at radius 2 is 0.658 bits per heavy atom. The summed E-state index contributed by atoms with van der Waals surface area (Å²) in [4.78, 5) is 5.37. The summed E-state index contributed by atoms with van der Waals surface area (Å²) in [6, 6.07) is 78.1. The number of benzene rings is 12. The van der Waals surface area contributed by atoms with Gasteiger partial charge >= 0.3 is 0 Å². The Kier molecular flexibility index (Phi) is 10.7. The molecule has 2 nitrogen and oxygen atoms in total. The molecule has 0 amide bonds. The molecule has 2 aliphatic heterocycles. The molecule has 79 heavy (non-hydrogen) atoms. The van der Waals surface area contributed by atoms with Gasteiger partial charge in [-0.15, -0.1) is 0 Å². The molecule has 0 saturated carbocycles. The van der Waals surface area contributed by atoms with Crippen LogP contribution in [-0.4, -0.2) is 6.71 Å². The van der Waals surface area contributed by atoms with Gasteiger partial charge in [-0.3, -0.25) is 0 Å². The molecule has 0 radical (unpaired) electrons. The van der Waals surface area contributed by atoms with Gasteiger partial charge in [0.25, 0.3) is 6.71 Å². The molecule has 0 aliphatic carbocycles. The molecule has 0 saturated heterocycles. The van der Waals surface area contributed by atoms with E-state index in [4.69, 9.17) is 0 Å². The molecule has 0 atom stereocenters. The normalized spacial score (nSPS) is 13.7. The number of anilines is 6. The first kappa shape index (κ1) is 49.2. The van der Waals surface area contributed by atoms with Crippen molar-refractivity contribution in [3.63, 3.8) is 0 Å². The number of nitrogens with zero attached hydrogens (tertiary/aromatic N) is 2. The van der Waals surface area contributed by atoms with Crippen molar-refractivity contribution in [2.75, 3.05) is 9.80 Å². The van der Waals surface area contributed by atoms with E-state index in [0.717, 1.165) is 0 Å². The quantitative estimate of drug-likeness (QED) is 0.0989. The van der Waals surface area contributed by atoms with Gasteiger partial charge in [-0.25, -0.2) is 0 Å². The summed E-state index contributed by atoms with van der Waals surface area (Å²) in [5.41, 5.74) is 18.5. The SMILES string of the molecule is CC(C)(C)c1cc(N2c3cc4c(ccc5ccccc54)cc3B3c4cc5ccc6ccccc6c5cc4N(c4cc(C(C)(C)C)cc(C(C)(C)C)c4)c4cc(-c5cccc6cc7ccccc7cc56)cc2c43)cc(C(C)(C)C)c1. The minimum absolute atomic E-state index is 0.0967. The first-order valence-electron chi connectivity index (χ1n) is 28.6. The van der Waals surface area contributed by atoms with Crippen molar-refractivity contribution in [1.29, 1.82) is 0 Å². The Morgan fingerprint density at radius 1 is 0.278 bits per heavy atom. The lowest BCUT2D eigenvalue weighted by molar-refractivity contribution is 0.568. The molecule has 0 aromatic heterocycles. The van der Waals surface area contributed by atoms with Crippen LogP contribution in [0.5, 0.6) is 0 Å². The van der Waals surface area contributed by atoms with Gasteiger partial charge in [-0.05, 0) is 197 Å². The predicted molar refractivity (Wildman–Crippen MR) is 346 cm³/mol. The fourth-order valence-corrected chi connectivity index (χ4v) is 13.1. The second kappa shape index (κ2) is 17.2. The average molecular weight is 1020 g/mol. The summed E-state index contributed by atoms with van der Waals surface area (Å²) in [6.45, 7) is 28.3.